The van der Waals surface area contributed by atoms with Crippen LogP contribution in [0.3, 0.4) is 0 Å². The van der Waals surface area contributed by atoms with Crippen molar-refractivity contribution in [1.82, 2.24) is 0 Å². The maximum Gasteiger partial charge on any atom is 0.388 e. The van der Waals surface area contributed by atoms with E-state index in [0.717, 1.165) is 30.9 Å². The Kier molecular flexibility index (Phi) is 5.33. The maximum absolute atomic E-state index is 6.70. The van der Waals surface area contributed by atoms with E-state index in [9.17, 15) is 0 Å². The average Bonchev–Trinajstić information content (AvgIpc) is 2.43. The van der Waals surface area contributed by atoms with Gasteiger partial charge in [-0.15, -0.1) is 0 Å². The van der Waals surface area contributed by atoms with Crippen LogP contribution in [0.4, 0.5) is 0 Å². The summed E-state index contributed by atoms with van der Waals surface area (Å²) < 4.78 is 17.2. The van der Waals surface area contributed by atoms with Gasteiger partial charge in [-0.05, 0) is 32.2 Å². The van der Waals surface area contributed by atoms with Gasteiger partial charge in [0.15, 0.2) is 5.35 Å². The monoisotopic (exact) mass is 288 g/mol. The van der Waals surface area contributed by atoms with Crippen molar-refractivity contribution in [3.63, 3.8) is 0 Å². The lowest BCUT2D eigenvalue weighted by atomic mass is 9.82. The van der Waals surface area contributed by atoms with E-state index >= 15 is 0 Å². The first-order valence-electron chi connectivity index (χ1n) is 6.80. The second kappa shape index (κ2) is 6.03. The molecule has 1 aliphatic heterocycles. The van der Waals surface area contributed by atoms with Crippen molar-refractivity contribution in [1.29, 1.82) is 0 Å². The molecule has 0 saturated carbocycles. The first-order valence-corrected chi connectivity index (χ1v) is 8.82. The number of nitrogens with two attached hydrogens (primary N) is 2. The number of hydrogen-bond acceptors (Lipinski definition) is 5. The number of rotatable bonds is 5. The minimum Gasteiger partial charge on any atom is -0.395 e. The molecule has 0 aromatic carbocycles. The SMILES string of the molecule is CC=C(CC)C1(N)CCC[Si](OC)(OC)C1(N)OC. The summed E-state index contributed by atoms with van der Waals surface area (Å²) in [5.74, 6) is 0. The van der Waals surface area contributed by atoms with Crippen LogP contribution in [0.25, 0.3) is 0 Å². The summed E-state index contributed by atoms with van der Waals surface area (Å²) >= 11 is 0. The van der Waals surface area contributed by atoms with E-state index in [0.29, 0.717) is 0 Å². The highest BCUT2D eigenvalue weighted by atomic mass is 28.4. The Labute approximate surface area is 117 Å². The molecule has 1 saturated heterocycles. The molecular weight excluding hydrogens is 260 g/mol. The van der Waals surface area contributed by atoms with Crippen molar-refractivity contribution in [3.8, 4) is 0 Å². The Morgan fingerprint density at radius 1 is 1.26 bits per heavy atom. The first-order chi connectivity index (χ1) is 8.91. The minimum atomic E-state index is -2.73. The minimum absolute atomic E-state index is 0.734. The highest BCUT2D eigenvalue weighted by molar-refractivity contribution is 6.71. The van der Waals surface area contributed by atoms with E-state index in [1.54, 1.807) is 21.3 Å². The third-order valence-electron chi connectivity index (χ3n) is 4.59. The van der Waals surface area contributed by atoms with Crippen molar-refractivity contribution in [3.05, 3.63) is 11.6 Å². The molecule has 112 valence electrons. The molecule has 5 nitrogen and oxygen atoms in total. The van der Waals surface area contributed by atoms with Crippen LogP contribution in [0.5, 0.6) is 0 Å². The molecule has 0 aromatic rings. The van der Waals surface area contributed by atoms with Gasteiger partial charge in [0.1, 0.15) is 0 Å². The number of allylic oxidation sites excluding steroid dienone is 1. The first kappa shape index (κ1) is 16.8. The molecule has 0 amide bonds. The van der Waals surface area contributed by atoms with E-state index in [4.69, 9.17) is 25.1 Å². The standard InChI is InChI=1S/C13H28N2O3Si/c1-6-11(7-2)12(14)9-8-10-19(17-4,18-5)13(12,15)16-3/h6H,7-10,14-15H2,1-5H3. The number of hydrogen-bond donors (Lipinski definition) is 2. The molecule has 2 atom stereocenters. The van der Waals surface area contributed by atoms with Gasteiger partial charge in [0.2, 0.25) is 0 Å². The van der Waals surface area contributed by atoms with Gasteiger partial charge in [0.05, 0.1) is 5.54 Å². The fourth-order valence-corrected chi connectivity index (χ4v) is 6.89. The third kappa shape index (κ3) is 2.20. The van der Waals surface area contributed by atoms with Gasteiger partial charge in [0, 0.05) is 21.3 Å². The summed E-state index contributed by atoms with van der Waals surface area (Å²) in [6.07, 6.45) is 4.60. The second-order valence-electron chi connectivity index (χ2n) is 5.09. The van der Waals surface area contributed by atoms with Crippen LogP contribution < -0.4 is 11.5 Å². The highest BCUT2D eigenvalue weighted by Crippen LogP contribution is 2.45. The summed E-state index contributed by atoms with van der Waals surface area (Å²) in [6.45, 7) is 4.07. The van der Waals surface area contributed by atoms with Crippen LogP contribution >= 0.6 is 0 Å². The third-order valence-corrected chi connectivity index (χ3v) is 8.70. The summed E-state index contributed by atoms with van der Waals surface area (Å²) in [5.41, 5.74) is 13.7. The summed E-state index contributed by atoms with van der Waals surface area (Å²) in [6, 6.07) is 0.796. The summed E-state index contributed by atoms with van der Waals surface area (Å²) in [5, 5.41) is -1.08. The zero-order chi connectivity index (χ0) is 14.7. The van der Waals surface area contributed by atoms with Crippen molar-refractivity contribution < 1.29 is 13.6 Å². The topological polar surface area (TPSA) is 79.7 Å². The number of methoxy groups -OCH3 is 1. The molecule has 1 fully saturated rings. The molecular formula is C13H28N2O3Si. The Bertz CT molecular complexity index is 347. The average molecular weight is 288 g/mol. The smallest absolute Gasteiger partial charge is 0.388 e. The van der Waals surface area contributed by atoms with Crippen LogP contribution in [-0.2, 0) is 13.6 Å². The molecule has 6 heteroatoms. The van der Waals surface area contributed by atoms with Crippen LogP contribution in [0.2, 0.25) is 6.04 Å². The lowest BCUT2D eigenvalue weighted by Gasteiger charge is -2.56. The number of ether oxygens (including phenoxy) is 1. The predicted octanol–water partition coefficient (Wildman–Crippen LogP) is 1.41. The van der Waals surface area contributed by atoms with Crippen LogP contribution in [0.15, 0.2) is 11.6 Å². The fourth-order valence-electron chi connectivity index (χ4n) is 3.42. The van der Waals surface area contributed by atoms with E-state index in [2.05, 4.69) is 6.92 Å². The molecule has 0 aliphatic carbocycles. The largest absolute Gasteiger partial charge is 0.395 e. The van der Waals surface area contributed by atoms with E-state index < -0.39 is 19.4 Å². The molecule has 0 aromatic heterocycles. The molecule has 1 heterocycles. The Balaban J connectivity index is 3.40. The van der Waals surface area contributed by atoms with E-state index in [1.165, 1.54) is 0 Å². The zero-order valence-corrected chi connectivity index (χ0v) is 13.8. The quantitative estimate of drug-likeness (QED) is 0.454. The molecule has 1 rings (SSSR count). The van der Waals surface area contributed by atoms with Crippen LogP contribution in [0, 0.1) is 0 Å². The molecule has 0 radical (unpaired) electrons. The molecule has 0 bridgehead atoms. The van der Waals surface area contributed by atoms with Crippen molar-refractivity contribution >= 4 is 8.56 Å². The predicted molar refractivity (Wildman–Crippen MR) is 78.7 cm³/mol. The molecule has 19 heavy (non-hydrogen) atoms. The zero-order valence-electron chi connectivity index (χ0n) is 12.8. The molecule has 0 spiro atoms. The van der Waals surface area contributed by atoms with Crippen LogP contribution in [0.1, 0.15) is 33.1 Å². The Morgan fingerprint density at radius 2 is 1.84 bits per heavy atom. The van der Waals surface area contributed by atoms with Gasteiger partial charge in [-0.25, -0.2) is 0 Å². The van der Waals surface area contributed by atoms with Crippen LogP contribution in [-0.4, -0.2) is 40.8 Å². The Hall–Kier alpha value is -0.243. The second-order valence-corrected chi connectivity index (χ2v) is 8.66. The lowest BCUT2D eigenvalue weighted by Crippen LogP contribution is -2.83. The lowest BCUT2D eigenvalue weighted by molar-refractivity contribution is -0.0458. The normalized spacial score (nSPS) is 35.4. The van der Waals surface area contributed by atoms with Crippen molar-refractivity contribution in [2.24, 2.45) is 11.5 Å². The molecule has 2 unspecified atom stereocenters. The molecule has 1 aliphatic rings. The van der Waals surface area contributed by atoms with Crippen molar-refractivity contribution in [2.45, 2.75) is 50.0 Å². The van der Waals surface area contributed by atoms with Gasteiger partial charge in [-0.3, -0.25) is 0 Å². The maximum atomic E-state index is 6.70. The van der Waals surface area contributed by atoms with Gasteiger partial charge in [0.25, 0.3) is 0 Å². The van der Waals surface area contributed by atoms with Crippen molar-refractivity contribution in [2.75, 3.05) is 21.3 Å². The summed E-state index contributed by atoms with van der Waals surface area (Å²) in [7, 11) is 2.15. The van der Waals surface area contributed by atoms with Gasteiger partial charge in [-0.1, -0.05) is 18.6 Å². The van der Waals surface area contributed by atoms with Gasteiger partial charge >= 0.3 is 8.56 Å². The van der Waals surface area contributed by atoms with Gasteiger partial charge in [-0.2, -0.15) is 0 Å². The van der Waals surface area contributed by atoms with E-state index in [1.807, 2.05) is 13.0 Å². The van der Waals surface area contributed by atoms with Gasteiger partial charge < -0.3 is 25.1 Å². The Morgan fingerprint density at radius 3 is 2.21 bits per heavy atom. The van der Waals surface area contributed by atoms with E-state index in [-0.39, 0.29) is 0 Å². The fraction of sp³-hybridized carbons (Fsp3) is 0.846. The highest BCUT2D eigenvalue weighted by Gasteiger charge is 2.68. The molecule has 4 N–H and O–H groups in total. The summed E-state index contributed by atoms with van der Waals surface area (Å²) in [4.78, 5) is 0.